The topological polar surface area (TPSA) is 21.3 Å². The lowest BCUT2D eigenvalue weighted by atomic mass is 10.1. The lowest BCUT2D eigenvalue weighted by molar-refractivity contribution is 0.271. The first-order chi connectivity index (χ1) is 10.6. The highest BCUT2D eigenvalue weighted by molar-refractivity contribution is 5.57. The maximum Gasteiger partial charge on any atom is 0.119 e. The van der Waals surface area contributed by atoms with E-state index in [1.54, 1.807) is 0 Å². The molecule has 0 atom stereocenters. The summed E-state index contributed by atoms with van der Waals surface area (Å²) in [6.07, 6.45) is 1.05. The van der Waals surface area contributed by atoms with Gasteiger partial charge < -0.3 is 10.1 Å². The van der Waals surface area contributed by atoms with Gasteiger partial charge in [-0.1, -0.05) is 51.1 Å². The first-order valence-corrected chi connectivity index (χ1v) is 8.14. The Hall–Kier alpha value is -1.96. The second kappa shape index (κ2) is 7.88. The number of ether oxygens (including phenoxy) is 1. The van der Waals surface area contributed by atoms with Crippen LogP contribution in [-0.2, 0) is 13.0 Å². The van der Waals surface area contributed by atoms with E-state index >= 15 is 0 Å². The van der Waals surface area contributed by atoms with E-state index in [4.69, 9.17) is 4.74 Å². The van der Waals surface area contributed by atoms with E-state index < -0.39 is 0 Å². The molecule has 2 aromatic rings. The number of para-hydroxylation sites is 1. The number of hydrogen-bond donors (Lipinski definition) is 1. The van der Waals surface area contributed by atoms with Crippen LogP contribution in [0, 0.1) is 12.8 Å². The van der Waals surface area contributed by atoms with Gasteiger partial charge in [-0.25, -0.2) is 0 Å². The molecule has 118 valence electrons. The van der Waals surface area contributed by atoms with Gasteiger partial charge in [0, 0.05) is 12.2 Å². The fraction of sp³-hybridized carbons (Fsp3) is 0.400. The second-order valence-corrected chi connectivity index (χ2v) is 6.16. The molecule has 0 fully saturated rings. The van der Waals surface area contributed by atoms with E-state index in [1.165, 1.54) is 22.4 Å². The molecule has 0 aromatic heterocycles. The van der Waals surface area contributed by atoms with E-state index in [0.717, 1.165) is 25.3 Å². The molecule has 0 unspecified atom stereocenters. The minimum absolute atomic E-state index is 0.551. The Kier molecular flexibility index (Phi) is 5.88. The zero-order chi connectivity index (χ0) is 15.9. The summed E-state index contributed by atoms with van der Waals surface area (Å²) < 4.78 is 5.72. The summed E-state index contributed by atoms with van der Waals surface area (Å²) in [4.78, 5) is 0. The summed E-state index contributed by atoms with van der Waals surface area (Å²) in [7, 11) is 0. The van der Waals surface area contributed by atoms with Crippen LogP contribution in [0.15, 0.2) is 42.5 Å². The summed E-state index contributed by atoms with van der Waals surface area (Å²) in [6.45, 7) is 10.3. The number of aryl methyl sites for hydroxylation is 2. The molecular weight excluding hydrogens is 270 g/mol. The van der Waals surface area contributed by atoms with Gasteiger partial charge in [0.05, 0.1) is 6.61 Å². The van der Waals surface area contributed by atoms with Crippen LogP contribution in [0.25, 0.3) is 0 Å². The molecule has 0 bridgehead atoms. The fourth-order valence-electron chi connectivity index (χ4n) is 2.43. The van der Waals surface area contributed by atoms with Crippen LogP contribution in [0.2, 0.25) is 0 Å². The molecule has 0 radical (unpaired) electrons. The normalized spacial score (nSPS) is 10.8. The van der Waals surface area contributed by atoms with Gasteiger partial charge >= 0.3 is 0 Å². The lowest BCUT2D eigenvalue weighted by Crippen LogP contribution is -2.05. The zero-order valence-corrected chi connectivity index (χ0v) is 14.1. The summed E-state index contributed by atoms with van der Waals surface area (Å²) in [6, 6.07) is 14.8. The number of benzene rings is 2. The largest absolute Gasteiger partial charge is 0.493 e. The van der Waals surface area contributed by atoms with E-state index in [-0.39, 0.29) is 0 Å². The molecule has 2 heteroatoms. The summed E-state index contributed by atoms with van der Waals surface area (Å²) in [5, 5.41) is 3.58. The minimum atomic E-state index is 0.551. The third-order valence-electron chi connectivity index (χ3n) is 3.72. The van der Waals surface area contributed by atoms with Crippen molar-refractivity contribution in [2.75, 3.05) is 11.9 Å². The molecule has 2 aromatic carbocycles. The van der Waals surface area contributed by atoms with Crippen LogP contribution < -0.4 is 10.1 Å². The molecule has 0 saturated heterocycles. The van der Waals surface area contributed by atoms with Crippen molar-refractivity contribution in [1.82, 2.24) is 0 Å². The van der Waals surface area contributed by atoms with Crippen molar-refractivity contribution in [2.24, 2.45) is 5.92 Å². The molecule has 0 spiro atoms. The first-order valence-electron chi connectivity index (χ1n) is 8.14. The highest BCUT2D eigenvalue weighted by Gasteiger charge is 2.04. The van der Waals surface area contributed by atoms with Gasteiger partial charge in [-0.15, -0.1) is 0 Å². The van der Waals surface area contributed by atoms with Crippen molar-refractivity contribution in [3.05, 3.63) is 59.2 Å². The van der Waals surface area contributed by atoms with Crippen molar-refractivity contribution in [3.63, 3.8) is 0 Å². The molecule has 2 nitrogen and oxygen atoms in total. The number of anilines is 1. The smallest absolute Gasteiger partial charge is 0.119 e. The molecule has 2 rings (SSSR count). The Morgan fingerprint density at radius 2 is 1.77 bits per heavy atom. The van der Waals surface area contributed by atoms with Crippen LogP contribution in [0.3, 0.4) is 0 Å². The molecule has 0 aliphatic rings. The van der Waals surface area contributed by atoms with Crippen LogP contribution in [0.4, 0.5) is 5.69 Å². The molecule has 0 saturated carbocycles. The Morgan fingerprint density at radius 3 is 2.41 bits per heavy atom. The third-order valence-corrected chi connectivity index (χ3v) is 3.72. The maximum absolute atomic E-state index is 5.72. The number of nitrogens with one attached hydrogen (secondary N) is 1. The molecule has 22 heavy (non-hydrogen) atoms. The van der Waals surface area contributed by atoms with E-state index in [9.17, 15) is 0 Å². The van der Waals surface area contributed by atoms with Crippen LogP contribution >= 0.6 is 0 Å². The third kappa shape index (κ3) is 4.52. The molecule has 0 heterocycles. The van der Waals surface area contributed by atoms with E-state index in [0.29, 0.717) is 5.92 Å². The number of rotatable bonds is 7. The fourth-order valence-corrected chi connectivity index (χ4v) is 2.43. The highest BCUT2D eigenvalue weighted by Crippen LogP contribution is 2.22. The average Bonchev–Trinajstić information content (AvgIpc) is 2.52. The Morgan fingerprint density at radius 1 is 1.05 bits per heavy atom. The molecular formula is C20H27NO. The van der Waals surface area contributed by atoms with Crippen molar-refractivity contribution >= 4 is 5.69 Å². The van der Waals surface area contributed by atoms with Crippen molar-refractivity contribution in [2.45, 2.75) is 40.7 Å². The zero-order valence-electron chi connectivity index (χ0n) is 14.1. The van der Waals surface area contributed by atoms with Crippen LogP contribution in [-0.4, -0.2) is 6.61 Å². The van der Waals surface area contributed by atoms with Gasteiger partial charge in [0.1, 0.15) is 5.75 Å². The summed E-state index contributed by atoms with van der Waals surface area (Å²) in [5.74, 6) is 1.50. The van der Waals surface area contributed by atoms with Gasteiger partial charge in [-0.2, -0.15) is 0 Å². The SMILES string of the molecule is CCc1cccc(C)c1NCc1ccc(OCC(C)C)cc1. The van der Waals surface area contributed by atoms with Gasteiger partial charge in [0.15, 0.2) is 0 Å². The van der Waals surface area contributed by atoms with Crippen molar-refractivity contribution in [1.29, 1.82) is 0 Å². The van der Waals surface area contributed by atoms with Crippen molar-refractivity contribution in [3.8, 4) is 5.75 Å². The Balaban J connectivity index is 1.97. The Labute approximate surface area is 134 Å². The predicted octanol–water partition coefficient (Wildman–Crippen LogP) is 5.20. The van der Waals surface area contributed by atoms with Crippen LogP contribution in [0.1, 0.15) is 37.5 Å². The van der Waals surface area contributed by atoms with Gasteiger partial charge in [0.25, 0.3) is 0 Å². The van der Waals surface area contributed by atoms with Gasteiger partial charge in [-0.05, 0) is 48.1 Å². The monoisotopic (exact) mass is 297 g/mol. The molecule has 0 aliphatic carbocycles. The second-order valence-electron chi connectivity index (χ2n) is 6.16. The Bertz CT molecular complexity index is 587. The quantitative estimate of drug-likeness (QED) is 0.758. The summed E-state index contributed by atoms with van der Waals surface area (Å²) in [5.41, 5.74) is 5.21. The standard InChI is InChI=1S/C20H27NO/c1-5-18-8-6-7-16(4)20(18)21-13-17-9-11-19(12-10-17)22-14-15(2)3/h6-12,15,21H,5,13-14H2,1-4H3. The molecule has 1 N–H and O–H groups in total. The highest BCUT2D eigenvalue weighted by atomic mass is 16.5. The van der Waals surface area contributed by atoms with Crippen molar-refractivity contribution < 1.29 is 4.74 Å². The van der Waals surface area contributed by atoms with E-state index in [1.807, 2.05) is 0 Å². The molecule has 0 amide bonds. The van der Waals surface area contributed by atoms with Gasteiger partial charge in [0.2, 0.25) is 0 Å². The minimum Gasteiger partial charge on any atom is -0.493 e. The van der Waals surface area contributed by atoms with Crippen LogP contribution in [0.5, 0.6) is 5.75 Å². The van der Waals surface area contributed by atoms with E-state index in [2.05, 4.69) is 75.5 Å². The maximum atomic E-state index is 5.72. The average molecular weight is 297 g/mol. The van der Waals surface area contributed by atoms with Gasteiger partial charge in [-0.3, -0.25) is 0 Å². The lowest BCUT2D eigenvalue weighted by Gasteiger charge is -2.14. The number of hydrogen-bond acceptors (Lipinski definition) is 2. The first kappa shape index (κ1) is 16.4. The molecule has 0 aliphatic heterocycles. The predicted molar refractivity (Wildman–Crippen MR) is 94.7 cm³/mol. The summed E-state index contributed by atoms with van der Waals surface area (Å²) >= 11 is 0.